The molecule has 14 heavy (non-hydrogen) atoms. The second-order valence-electron chi connectivity index (χ2n) is 3.96. The Bertz CT molecular complexity index is 271. The van der Waals surface area contributed by atoms with Crippen LogP contribution < -0.4 is 5.32 Å². The lowest BCUT2D eigenvalue weighted by molar-refractivity contribution is 0.227. The fourth-order valence-electron chi connectivity index (χ4n) is 2.08. The maximum atomic E-state index is 5.41. The van der Waals surface area contributed by atoms with Gasteiger partial charge in [-0.2, -0.15) is 0 Å². The molecule has 0 saturated carbocycles. The third-order valence-electron chi connectivity index (χ3n) is 3.13. The van der Waals surface area contributed by atoms with E-state index in [1.165, 1.54) is 6.42 Å². The van der Waals surface area contributed by atoms with Crippen molar-refractivity contribution in [2.24, 2.45) is 0 Å². The molecule has 0 bridgehead atoms. The summed E-state index contributed by atoms with van der Waals surface area (Å²) in [6.45, 7) is 4.49. The number of nitrogens with one attached hydrogen (secondary N) is 1. The van der Waals surface area contributed by atoms with Crippen molar-refractivity contribution in [2.75, 3.05) is 20.1 Å². The first-order valence-corrected chi connectivity index (χ1v) is 5.26. The highest BCUT2D eigenvalue weighted by molar-refractivity contribution is 5.04. The van der Waals surface area contributed by atoms with E-state index in [4.69, 9.17) is 4.42 Å². The van der Waals surface area contributed by atoms with E-state index < -0.39 is 0 Å². The Balaban J connectivity index is 1.97. The van der Waals surface area contributed by atoms with Gasteiger partial charge in [-0.3, -0.25) is 4.90 Å². The minimum atomic E-state index is 0.406. The average molecular weight is 194 g/mol. The first-order valence-electron chi connectivity index (χ1n) is 5.26. The van der Waals surface area contributed by atoms with Gasteiger partial charge in [-0.15, -0.1) is 0 Å². The SMILES string of the molecule is CNC1CCN(C(C)c2ccco2)C1. The molecule has 2 rings (SSSR count). The molecule has 1 N–H and O–H groups in total. The van der Waals surface area contributed by atoms with E-state index in [9.17, 15) is 0 Å². The van der Waals surface area contributed by atoms with Gasteiger partial charge in [-0.05, 0) is 32.5 Å². The van der Waals surface area contributed by atoms with Crippen LogP contribution in [0.4, 0.5) is 0 Å². The molecule has 2 heterocycles. The Morgan fingerprint density at radius 3 is 3.07 bits per heavy atom. The van der Waals surface area contributed by atoms with Crippen LogP contribution in [0.2, 0.25) is 0 Å². The van der Waals surface area contributed by atoms with Gasteiger partial charge in [-0.25, -0.2) is 0 Å². The van der Waals surface area contributed by atoms with Crippen LogP contribution in [-0.2, 0) is 0 Å². The van der Waals surface area contributed by atoms with E-state index in [0.29, 0.717) is 12.1 Å². The monoisotopic (exact) mass is 194 g/mol. The molecule has 0 aliphatic carbocycles. The maximum absolute atomic E-state index is 5.41. The number of hydrogen-bond acceptors (Lipinski definition) is 3. The van der Waals surface area contributed by atoms with Crippen LogP contribution in [0.5, 0.6) is 0 Å². The summed E-state index contributed by atoms with van der Waals surface area (Å²) in [5, 5.41) is 3.32. The molecule has 1 aliphatic rings. The first kappa shape index (κ1) is 9.74. The lowest BCUT2D eigenvalue weighted by Gasteiger charge is -2.22. The zero-order valence-corrected chi connectivity index (χ0v) is 8.86. The Kier molecular flexibility index (Phi) is 2.89. The molecule has 3 heteroatoms. The van der Waals surface area contributed by atoms with E-state index >= 15 is 0 Å². The summed E-state index contributed by atoms with van der Waals surface area (Å²) in [5.74, 6) is 1.07. The zero-order chi connectivity index (χ0) is 9.97. The van der Waals surface area contributed by atoms with Crippen molar-refractivity contribution in [2.45, 2.75) is 25.4 Å². The summed E-state index contributed by atoms with van der Waals surface area (Å²) in [4.78, 5) is 2.46. The number of nitrogens with zero attached hydrogens (tertiary/aromatic N) is 1. The van der Waals surface area contributed by atoms with Crippen LogP contribution in [0, 0.1) is 0 Å². The van der Waals surface area contributed by atoms with Gasteiger partial charge < -0.3 is 9.73 Å². The molecule has 2 atom stereocenters. The van der Waals surface area contributed by atoms with Gasteiger partial charge in [0.15, 0.2) is 0 Å². The number of rotatable bonds is 3. The molecule has 1 aromatic heterocycles. The van der Waals surface area contributed by atoms with Crippen molar-refractivity contribution in [3.05, 3.63) is 24.2 Å². The molecule has 1 fully saturated rings. The van der Waals surface area contributed by atoms with Gasteiger partial charge >= 0.3 is 0 Å². The van der Waals surface area contributed by atoms with Gasteiger partial charge in [0.25, 0.3) is 0 Å². The quantitative estimate of drug-likeness (QED) is 0.793. The summed E-state index contributed by atoms with van der Waals surface area (Å²) >= 11 is 0. The van der Waals surface area contributed by atoms with Crippen molar-refractivity contribution in [3.63, 3.8) is 0 Å². The number of furan rings is 1. The van der Waals surface area contributed by atoms with Crippen molar-refractivity contribution in [1.29, 1.82) is 0 Å². The van der Waals surface area contributed by atoms with Crippen LogP contribution in [0.15, 0.2) is 22.8 Å². The number of likely N-dealkylation sites (tertiary alicyclic amines) is 1. The zero-order valence-electron chi connectivity index (χ0n) is 8.86. The topological polar surface area (TPSA) is 28.4 Å². The first-order chi connectivity index (χ1) is 6.81. The lowest BCUT2D eigenvalue weighted by atomic mass is 10.2. The third kappa shape index (κ3) is 1.83. The molecule has 1 aliphatic heterocycles. The van der Waals surface area contributed by atoms with Crippen LogP contribution in [-0.4, -0.2) is 31.1 Å². The smallest absolute Gasteiger partial charge is 0.120 e. The fraction of sp³-hybridized carbons (Fsp3) is 0.636. The van der Waals surface area contributed by atoms with Crippen LogP contribution in [0.1, 0.15) is 25.1 Å². The Hall–Kier alpha value is -0.800. The predicted octanol–water partition coefficient (Wildman–Crippen LogP) is 1.63. The summed E-state index contributed by atoms with van der Waals surface area (Å²) in [7, 11) is 2.03. The van der Waals surface area contributed by atoms with Gasteiger partial charge in [0, 0.05) is 19.1 Å². The van der Waals surface area contributed by atoms with E-state index in [-0.39, 0.29) is 0 Å². The molecule has 2 unspecified atom stereocenters. The third-order valence-corrected chi connectivity index (χ3v) is 3.13. The highest BCUT2D eigenvalue weighted by Crippen LogP contribution is 2.24. The average Bonchev–Trinajstić information content (AvgIpc) is 2.88. The lowest BCUT2D eigenvalue weighted by Crippen LogP contribution is -2.30. The number of hydrogen-bond donors (Lipinski definition) is 1. The predicted molar refractivity (Wildman–Crippen MR) is 56.2 cm³/mol. The van der Waals surface area contributed by atoms with Crippen molar-refractivity contribution < 1.29 is 4.42 Å². The Morgan fingerprint density at radius 1 is 1.64 bits per heavy atom. The van der Waals surface area contributed by atoms with Gasteiger partial charge in [0.05, 0.1) is 12.3 Å². The molecule has 3 nitrogen and oxygen atoms in total. The molecule has 78 valence electrons. The van der Waals surface area contributed by atoms with Gasteiger partial charge in [0.1, 0.15) is 5.76 Å². The molecule has 0 amide bonds. The normalized spacial score (nSPS) is 25.4. The summed E-state index contributed by atoms with van der Waals surface area (Å²) in [5.41, 5.74) is 0. The molecule has 0 spiro atoms. The van der Waals surface area contributed by atoms with Crippen molar-refractivity contribution in [3.8, 4) is 0 Å². The highest BCUT2D eigenvalue weighted by Gasteiger charge is 2.26. The molecular weight excluding hydrogens is 176 g/mol. The van der Waals surface area contributed by atoms with Crippen molar-refractivity contribution in [1.82, 2.24) is 10.2 Å². The second-order valence-corrected chi connectivity index (χ2v) is 3.96. The Labute approximate surface area is 85.1 Å². The largest absolute Gasteiger partial charge is 0.468 e. The van der Waals surface area contributed by atoms with E-state index in [2.05, 4.69) is 23.2 Å². The van der Waals surface area contributed by atoms with Crippen LogP contribution in [0.25, 0.3) is 0 Å². The van der Waals surface area contributed by atoms with Gasteiger partial charge in [0.2, 0.25) is 0 Å². The van der Waals surface area contributed by atoms with Crippen LogP contribution in [0.3, 0.4) is 0 Å². The fourth-order valence-corrected chi connectivity index (χ4v) is 2.08. The standard InChI is InChI=1S/C11H18N2O/c1-9(11-4-3-7-14-11)13-6-5-10(8-13)12-2/h3-4,7,9-10,12H,5-6,8H2,1-2H3. The summed E-state index contributed by atoms with van der Waals surface area (Å²) in [6, 6.07) is 5.06. The van der Waals surface area contributed by atoms with E-state index in [1.54, 1.807) is 6.26 Å². The minimum Gasteiger partial charge on any atom is -0.468 e. The van der Waals surface area contributed by atoms with E-state index in [1.807, 2.05) is 13.1 Å². The maximum Gasteiger partial charge on any atom is 0.120 e. The molecular formula is C11H18N2O. The van der Waals surface area contributed by atoms with Gasteiger partial charge in [-0.1, -0.05) is 0 Å². The molecule has 1 aromatic rings. The van der Waals surface area contributed by atoms with Crippen molar-refractivity contribution >= 4 is 0 Å². The molecule has 0 radical (unpaired) electrons. The van der Waals surface area contributed by atoms with Crippen LogP contribution >= 0.6 is 0 Å². The summed E-state index contributed by atoms with van der Waals surface area (Å²) < 4.78 is 5.41. The number of likely N-dealkylation sites (N-methyl/N-ethyl adjacent to an activating group) is 1. The molecule has 1 saturated heterocycles. The highest BCUT2D eigenvalue weighted by atomic mass is 16.3. The second kappa shape index (κ2) is 4.15. The minimum absolute atomic E-state index is 0.406. The summed E-state index contributed by atoms with van der Waals surface area (Å²) in [6.07, 6.45) is 2.99. The Morgan fingerprint density at radius 2 is 2.50 bits per heavy atom. The molecule has 0 aromatic carbocycles. The van der Waals surface area contributed by atoms with E-state index in [0.717, 1.165) is 18.8 Å².